The zero-order valence-corrected chi connectivity index (χ0v) is 16.9. The molecule has 0 aliphatic rings. The Morgan fingerprint density at radius 1 is 1.16 bits per heavy atom. The minimum absolute atomic E-state index is 0.0295. The highest BCUT2D eigenvalue weighted by Gasteiger charge is 2.42. The smallest absolute Gasteiger partial charge is 0.491 e. The van der Waals surface area contributed by atoms with Crippen LogP contribution in [-0.4, -0.2) is 37.0 Å². The van der Waals surface area contributed by atoms with E-state index in [0.29, 0.717) is 16.9 Å². The second kappa shape index (κ2) is 9.96. The van der Waals surface area contributed by atoms with Gasteiger partial charge < -0.3 is 20.5 Å². The van der Waals surface area contributed by atoms with E-state index in [9.17, 15) is 22.8 Å². The van der Waals surface area contributed by atoms with Crippen LogP contribution >= 0.6 is 0 Å². The Bertz CT molecular complexity index is 975. The van der Waals surface area contributed by atoms with Crippen molar-refractivity contribution in [2.24, 2.45) is 5.73 Å². The van der Waals surface area contributed by atoms with E-state index in [-0.39, 0.29) is 30.5 Å². The van der Waals surface area contributed by atoms with Crippen LogP contribution in [0.1, 0.15) is 41.3 Å². The van der Waals surface area contributed by atoms with Crippen LogP contribution in [0.15, 0.2) is 42.5 Å². The molecule has 0 heterocycles. The summed E-state index contributed by atoms with van der Waals surface area (Å²) in [6, 6.07) is 10.6. The fourth-order valence-electron chi connectivity index (χ4n) is 2.51. The summed E-state index contributed by atoms with van der Waals surface area (Å²) in [6.07, 6.45) is -5.19. The number of carbonyl (C=O) groups is 2. The van der Waals surface area contributed by atoms with Crippen LogP contribution in [0.3, 0.4) is 0 Å². The van der Waals surface area contributed by atoms with Gasteiger partial charge in [-0.05, 0) is 35.7 Å². The molecule has 0 aromatic heterocycles. The summed E-state index contributed by atoms with van der Waals surface area (Å²) in [7, 11) is 0. The number of nitrogen functional groups attached to an aromatic ring is 1. The molecule has 0 bridgehead atoms. The molecule has 2 aromatic rings. The van der Waals surface area contributed by atoms with Crippen LogP contribution < -0.4 is 20.5 Å². The van der Waals surface area contributed by atoms with Gasteiger partial charge >= 0.3 is 12.1 Å². The predicted molar refractivity (Wildman–Crippen MR) is 108 cm³/mol. The second-order valence-electron chi connectivity index (χ2n) is 6.84. The summed E-state index contributed by atoms with van der Waals surface area (Å²) < 4.78 is 47.7. The van der Waals surface area contributed by atoms with Crippen molar-refractivity contribution in [2.75, 3.05) is 13.2 Å². The minimum Gasteiger partial charge on any atom is -0.492 e. The average Bonchev–Trinajstić information content (AvgIpc) is 2.70. The molecule has 0 radical (unpaired) electrons. The summed E-state index contributed by atoms with van der Waals surface area (Å²) in [5.74, 6) is -3.34. The Hall–Kier alpha value is -3.56. The number of hydrogen-bond donors (Lipinski definition) is 3. The molecule has 0 aliphatic heterocycles. The number of nitrogens with one attached hydrogen (secondary N) is 2. The highest BCUT2D eigenvalue weighted by molar-refractivity contribution is 5.98. The Labute approximate surface area is 176 Å². The first-order chi connectivity index (χ1) is 14.5. The highest BCUT2D eigenvalue weighted by atomic mass is 19.4. The quantitative estimate of drug-likeness (QED) is 0.193. The summed E-state index contributed by atoms with van der Waals surface area (Å²) in [6.45, 7) is 3.70. The number of halogens is 3. The molecule has 0 spiro atoms. The van der Waals surface area contributed by atoms with Gasteiger partial charge in [-0.2, -0.15) is 13.2 Å². The summed E-state index contributed by atoms with van der Waals surface area (Å²) in [5, 5.41) is 9.91. The van der Waals surface area contributed by atoms with Crippen molar-refractivity contribution in [3.05, 3.63) is 59.2 Å². The van der Waals surface area contributed by atoms with Gasteiger partial charge in [-0.15, -0.1) is 0 Å². The first-order valence-corrected chi connectivity index (χ1v) is 9.27. The molecular weight excluding hydrogens is 415 g/mol. The van der Waals surface area contributed by atoms with Crippen molar-refractivity contribution >= 4 is 17.7 Å². The zero-order valence-electron chi connectivity index (χ0n) is 16.9. The number of ether oxygens (including phenoxy) is 2. The van der Waals surface area contributed by atoms with E-state index in [0.717, 1.165) is 0 Å². The van der Waals surface area contributed by atoms with Gasteiger partial charge in [0, 0.05) is 5.56 Å². The number of rotatable bonds is 8. The largest absolute Gasteiger partial charge is 0.492 e. The van der Waals surface area contributed by atoms with E-state index in [4.69, 9.17) is 15.9 Å². The molecule has 31 heavy (non-hydrogen) atoms. The lowest BCUT2D eigenvalue weighted by Crippen LogP contribution is -2.31. The van der Waals surface area contributed by atoms with E-state index in [1.54, 1.807) is 30.3 Å². The van der Waals surface area contributed by atoms with Crippen molar-refractivity contribution in [2.45, 2.75) is 25.9 Å². The molecule has 2 rings (SSSR count). The van der Waals surface area contributed by atoms with Crippen molar-refractivity contribution in [3.63, 3.8) is 0 Å². The maximum absolute atomic E-state index is 12.6. The maximum atomic E-state index is 12.6. The number of benzene rings is 2. The van der Waals surface area contributed by atoms with Gasteiger partial charge in [0.05, 0.1) is 12.1 Å². The molecule has 0 saturated carbocycles. The van der Waals surface area contributed by atoms with Gasteiger partial charge in [-0.25, -0.2) is 4.79 Å². The SMILES string of the molecule is CC(C)c1ccc(C(=O)NCCOc2cccc(C(=N)N)c2)c(OC(=O)C(F)(F)F)c1. The van der Waals surface area contributed by atoms with Gasteiger partial charge in [0.15, 0.2) is 0 Å². The molecule has 0 fully saturated rings. The van der Waals surface area contributed by atoms with Gasteiger partial charge in [0.1, 0.15) is 23.9 Å². The van der Waals surface area contributed by atoms with E-state index < -0.39 is 23.8 Å². The molecule has 2 aromatic carbocycles. The zero-order chi connectivity index (χ0) is 23.2. The Kier molecular flexibility index (Phi) is 7.62. The molecule has 0 aliphatic carbocycles. The van der Waals surface area contributed by atoms with Crippen LogP contribution in [0.4, 0.5) is 13.2 Å². The highest BCUT2D eigenvalue weighted by Crippen LogP contribution is 2.27. The van der Waals surface area contributed by atoms with E-state index in [1.807, 2.05) is 13.8 Å². The second-order valence-corrected chi connectivity index (χ2v) is 6.84. The van der Waals surface area contributed by atoms with Crippen molar-refractivity contribution in [1.82, 2.24) is 5.32 Å². The predicted octanol–water partition coefficient (Wildman–Crippen LogP) is 3.37. The number of esters is 1. The van der Waals surface area contributed by atoms with Crippen LogP contribution in [0.2, 0.25) is 0 Å². The maximum Gasteiger partial charge on any atom is 0.491 e. The summed E-state index contributed by atoms with van der Waals surface area (Å²) in [4.78, 5) is 23.7. The third kappa shape index (κ3) is 6.73. The topological polar surface area (TPSA) is 114 Å². The monoisotopic (exact) mass is 437 g/mol. The minimum atomic E-state index is -5.19. The molecule has 4 N–H and O–H groups in total. The molecule has 0 unspecified atom stereocenters. The summed E-state index contributed by atoms with van der Waals surface area (Å²) in [5.41, 5.74) is 6.28. The van der Waals surface area contributed by atoms with Crippen LogP contribution in [0.5, 0.6) is 11.5 Å². The normalized spacial score (nSPS) is 11.2. The molecule has 166 valence electrons. The standard InChI is InChI=1S/C21H22F3N3O4/c1-12(2)13-6-7-16(17(11-13)31-20(29)21(22,23)24)19(28)27-8-9-30-15-5-3-4-14(10-15)18(25)26/h3-7,10-12H,8-9H2,1-2H3,(H3,25,26)(H,27,28). The van der Waals surface area contributed by atoms with Gasteiger partial charge in [-0.3, -0.25) is 10.2 Å². The molecule has 10 heteroatoms. The lowest BCUT2D eigenvalue weighted by atomic mass is 10.0. The Morgan fingerprint density at radius 3 is 2.48 bits per heavy atom. The molecule has 0 saturated heterocycles. The number of nitrogens with two attached hydrogens (primary N) is 1. The lowest BCUT2D eigenvalue weighted by Gasteiger charge is -2.15. The van der Waals surface area contributed by atoms with Crippen LogP contribution in [0.25, 0.3) is 0 Å². The van der Waals surface area contributed by atoms with Crippen molar-refractivity contribution < 1.29 is 32.2 Å². The third-order valence-corrected chi connectivity index (χ3v) is 4.15. The number of carbonyl (C=O) groups excluding carboxylic acids is 2. The van der Waals surface area contributed by atoms with Crippen LogP contribution in [-0.2, 0) is 4.79 Å². The number of amidine groups is 1. The lowest BCUT2D eigenvalue weighted by molar-refractivity contribution is -0.189. The Balaban J connectivity index is 2.05. The molecule has 1 amide bonds. The molecular formula is C21H22F3N3O4. The number of amides is 1. The van der Waals surface area contributed by atoms with Crippen LogP contribution in [0, 0.1) is 5.41 Å². The van der Waals surface area contributed by atoms with Gasteiger partial charge in [-0.1, -0.05) is 32.0 Å². The number of alkyl halides is 3. The Morgan fingerprint density at radius 2 is 1.87 bits per heavy atom. The van der Waals surface area contributed by atoms with E-state index in [1.165, 1.54) is 12.1 Å². The number of hydrogen-bond acceptors (Lipinski definition) is 5. The van der Waals surface area contributed by atoms with E-state index >= 15 is 0 Å². The van der Waals surface area contributed by atoms with Crippen molar-refractivity contribution in [3.8, 4) is 11.5 Å². The fourth-order valence-corrected chi connectivity index (χ4v) is 2.51. The average molecular weight is 437 g/mol. The fraction of sp³-hybridized carbons (Fsp3) is 0.286. The molecule has 7 nitrogen and oxygen atoms in total. The summed E-state index contributed by atoms with van der Waals surface area (Å²) >= 11 is 0. The third-order valence-electron chi connectivity index (χ3n) is 4.15. The van der Waals surface area contributed by atoms with E-state index in [2.05, 4.69) is 10.1 Å². The van der Waals surface area contributed by atoms with Gasteiger partial charge in [0.2, 0.25) is 0 Å². The molecule has 0 atom stereocenters. The van der Waals surface area contributed by atoms with Crippen molar-refractivity contribution in [1.29, 1.82) is 5.41 Å². The first kappa shape index (κ1) is 23.7. The van der Waals surface area contributed by atoms with Gasteiger partial charge in [0.25, 0.3) is 5.91 Å². The first-order valence-electron chi connectivity index (χ1n) is 9.27.